The summed E-state index contributed by atoms with van der Waals surface area (Å²) in [5, 5.41) is 40.1. The molecule has 1 heterocycles. The number of nitrogens with two attached hydrogens (primary N) is 3. The maximum Gasteiger partial charge on any atom is 0.220 e. The van der Waals surface area contributed by atoms with Gasteiger partial charge in [-0.25, -0.2) is 9.97 Å². The van der Waals surface area contributed by atoms with E-state index in [0.29, 0.717) is 18.7 Å². The van der Waals surface area contributed by atoms with Gasteiger partial charge in [0.05, 0.1) is 32.1 Å². The minimum atomic E-state index is -1.49. The van der Waals surface area contributed by atoms with Crippen LogP contribution >= 0.6 is 0 Å². The molecule has 0 saturated carbocycles. The molecule has 0 aliphatic rings. The molecular formula is C18H31N9O5. The minimum absolute atomic E-state index is 0.0202. The molecule has 1 aromatic rings. The Hall–Kier alpha value is -3.20. The summed E-state index contributed by atoms with van der Waals surface area (Å²) >= 11 is 0. The topological polar surface area (TPSA) is 247 Å². The Kier molecular flexibility index (Phi) is 11.7. The molecule has 0 bridgehead atoms. The first-order valence-corrected chi connectivity index (χ1v) is 9.87. The Morgan fingerprint density at radius 1 is 1.03 bits per heavy atom. The zero-order valence-corrected chi connectivity index (χ0v) is 17.7. The van der Waals surface area contributed by atoms with Crippen molar-refractivity contribution in [2.24, 2.45) is 27.4 Å². The van der Waals surface area contributed by atoms with Gasteiger partial charge in [0.25, 0.3) is 0 Å². The molecule has 178 valence electrons. The van der Waals surface area contributed by atoms with E-state index in [1.165, 1.54) is 6.20 Å². The average Bonchev–Trinajstić information content (AvgIpc) is 2.80. The zero-order chi connectivity index (χ0) is 24.0. The Morgan fingerprint density at radius 3 is 2.31 bits per heavy atom. The van der Waals surface area contributed by atoms with E-state index in [-0.39, 0.29) is 49.2 Å². The lowest BCUT2D eigenvalue weighted by molar-refractivity contribution is -0.125. The lowest BCUT2D eigenvalue weighted by Gasteiger charge is -2.28. The predicted octanol–water partition coefficient (Wildman–Crippen LogP) is -3.58. The highest BCUT2D eigenvalue weighted by molar-refractivity contribution is 5.94. The first-order valence-electron chi connectivity index (χ1n) is 9.87. The summed E-state index contributed by atoms with van der Waals surface area (Å²) in [7, 11) is 0. The van der Waals surface area contributed by atoms with Gasteiger partial charge in [-0.3, -0.25) is 9.59 Å². The SMILES string of the molecule is NCC/C(N)=N/N=C(\N)c1nccc(CNC(=O)CCCC(=O)NC(CO)(CO)CO)n1. The normalized spacial score (nSPS) is 12.5. The second kappa shape index (κ2) is 14.0. The highest BCUT2D eigenvalue weighted by Gasteiger charge is 2.29. The third-order valence-corrected chi connectivity index (χ3v) is 4.22. The van der Waals surface area contributed by atoms with Crippen molar-refractivity contribution in [1.82, 2.24) is 20.6 Å². The van der Waals surface area contributed by atoms with Crippen molar-refractivity contribution in [2.45, 2.75) is 37.8 Å². The number of nitrogens with one attached hydrogen (secondary N) is 2. The van der Waals surface area contributed by atoms with Crippen molar-refractivity contribution in [1.29, 1.82) is 0 Å². The van der Waals surface area contributed by atoms with Crippen LogP contribution in [0.5, 0.6) is 0 Å². The molecule has 14 heteroatoms. The molecule has 0 aliphatic carbocycles. The summed E-state index contributed by atoms with van der Waals surface area (Å²) in [6.07, 6.45) is 2.10. The molecule has 0 atom stereocenters. The average molecular weight is 454 g/mol. The number of carbonyl (C=O) groups is 2. The van der Waals surface area contributed by atoms with E-state index in [4.69, 9.17) is 17.2 Å². The number of amides is 2. The third-order valence-electron chi connectivity index (χ3n) is 4.22. The van der Waals surface area contributed by atoms with Gasteiger partial charge in [0.15, 0.2) is 11.7 Å². The van der Waals surface area contributed by atoms with Gasteiger partial charge in [-0.15, -0.1) is 10.2 Å². The molecule has 14 nitrogen and oxygen atoms in total. The lowest BCUT2D eigenvalue weighted by Crippen LogP contribution is -2.57. The number of aliphatic hydroxyl groups excluding tert-OH is 3. The van der Waals surface area contributed by atoms with Crippen LogP contribution in [0.15, 0.2) is 22.5 Å². The van der Waals surface area contributed by atoms with Crippen LogP contribution in [0.25, 0.3) is 0 Å². The van der Waals surface area contributed by atoms with E-state index < -0.39 is 31.3 Å². The van der Waals surface area contributed by atoms with Crippen LogP contribution < -0.4 is 27.8 Å². The van der Waals surface area contributed by atoms with Crippen LogP contribution in [0.1, 0.15) is 37.2 Å². The molecule has 1 aromatic heterocycles. The number of amidine groups is 2. The van der Waals surface area contributed by atoms with Gasteiger partial charge in [0.1, 0.15) is 11.4 Å². The summed E-state index contributed by atoms with van der Waals surface area (Å²) in [6, 6.07) is 1.59. The monoisotopic (exact) mass is 453 g/mol. The second-order valence-electron chi connectivity index (χ2n) is 6.92. The maximum atomic E-state index is 12.0. The van der Waals surface area contributed by atoms with Crippen LogP contribution in [0.4, 0.5) is 0 Å². The van der Waals surface area contributed by atoms with Gasteiger partial charge in [-0.1, -0.05) is 0 Å². The third kappa shape index (κ3) is 9.30. The van der Waals surface area contributed by atoms with Crippen molar-refractivity contribution in [3.05, 3.63) is 23.8 Å². The Labute approximate surface area is 185 Å². The molecule has 0 saturated heterocycles. The van der Waals surface area contributed by atoms with Crippen LogP contribution in [0.3, 0.4) is 0 Å². The molecule has 0 fully saturated rings. The van der Waals surface area contributed by atoms with Gasteiger partial charge in [-0.05, 0) is 19.0 Å². The largest absolute Gasteiger partial charge is 0.394 e. The highest BCUT2D eigenvalue weighted by atomic mass is 16.3. The van der Waals surface area contributed by atoms with Crippen LogP contribution in [0.2, 0.25) is 0 Å². The van der Waals surface area contributed by atoms with Crippen molar-refractivity contribution in [3.8, 4) is 0 Å². The van der Waals surface area contributed by atoms with Gasteiger partial charge in [-0.2, -0.15) is 0 Å². The second-order valence-corrected chi connectivity index (χ2v) is 6.92. The van der Waals surface area contributed by atoms with Gasteiger partial charge in [0, 0.05) is 25.5 Å². The van der Waals surface area contributed by atoms with Gasteiger partial charge < -0.3 is 43.2 Å². The summed E-state index contributed by atoms with van der Waals surface area (Å²) in [5.74, 6) is -0.509. The number of aliphatic hydroxyl groups is 3. The Balaban J connectivity index is 2.50. The standard InChI is InChI=1S/C18H31N9O5/c19-6-4-13(20)26-27-16(21)17-22-7-5-12(24-17)8-23-14(31)2-1-3-15(32)25-18(9-28,10-29)11-30/h5,7,28-30H,1-4,6,8-11,19H2,(H2,20,26)(H2,21,27)(H,23,31)(H,25,32). The predicted molar refractivity (Wildman–Crippen MR) is 116 cm³/mol. The number of nitrogens with zero attached hydrogens (tertiary/aromatic N) is 4. The maximum absolute atomic E-state index is 12.0. The summed E-state index contributed by atoms with van der Waals surface area (Å²) in [4.78, 5) is 32.1. The van der Waals surface area contributed by atoms with Crippen LogP contribution in [-0.4, -0.2) is 80.7 Å². The molecule has 1 rings (SSSR count). The Morgan fingerprint density at radius 2 is 1.69 bits per heavy atom. The van der Waals surface area contributed by atoms with Crippen molar-refractivity contribution in [2.75, 3.05) is 26.4 Å². The van der Waals surface area contributed by atoms with E-state index in [0.717, 1.165) is 0 Å². The summed E-state index contributed by atoms with van der Waals surface area (Å²) in [6.45, 7) is -1.41. The summed E-state index contributed by atoms with van der Waals surface area (Å²) < 4.78 is 0. The fraction of sp³-hybridized carbons (Fsp3) is 0.556. The number of hydrogen-bond donors (Lipinski definition) is 8. The molecule has 0 spiro atoms. The van der Waals surface area contributed by atoms with Crippen molar-refractivity contribution < 1.29 is 24.9 Å². The van der Waals surface area contributed by atoms with Gasteiger partial charge in [0.2, 0.25) is 11.8 Å². The molecule has 32 heavy (non-hydrogen) atoms. The molecule has 11 N–H and O–H groups in total. The number of carbonyl (C=O) groups excluding carboxylic acids is 2. The van der Waals surface area contributed by atoms with Crippen molar-refractivity contribution in [3.63, 3.8) is 0 Å². The highest BCUT2D eigenvalue weighted by Crippen LogP contribution is 2.04. The molecule has 0 aliphatic heterocycles. The van der Waals surface area contributed by atoms with E-state index >= 15 is 0 Å². The van der Waals surface area contributed by atoms with Crippen LogP contribution in [-0.2, 0) is 16.1 Å². The molecule has 0 unspecified atom stereocenters. The van der Waals surface area contributed by atoms with Gasteiger partial charge >= 0.3 is 0 Å². The molecule has 2 amide bonds. The van der Waals surface area contributed by atoms with E-state index in [9.17, 15) is 24.9 Å². The first-order chi connectivity index (χ1) is 15.3. The van der Waals surface area contributed by atoms with Crippen molar-refractivity contribution >= 4 is 23.5 Å². The smallest absolute Gasteiger partial charge is 0.220 e. The summed E-state index contributed by atoms with van der Waals surface area (Å²) in [5.41, 5.74) is 15.7. The van der Waals surface area contributed by atoms with E-state index in [2.05, 4.69) is 30.8 Å². The number of rotatable bonds is 14. The zero-order valence-electron chi connectivity index (χ0n) is 17.7. The molecule has 0 radical (unpaired) electrons. The lowest BCUT2D eigenvalue weighted by atomic mass is 10.0. The first kappa shape index (κ1) is 26.8. The Bertz CT molecular complexity index is 804. The molecule has 0 aromatic carbocycles. The minimum Gasteiger partial charge on any atom is -0.394 e. The quantitative estimate of drug-likeness (QED) is 0.0781. The van der Waals surface area contributed by atoms with E-state index in [1.807, 2.05) is 0 Å². The number of aromatic nitrogens is 2. The van der Waals surface area contributed by atoms with Crippen LogP contribution in [0, 0.1) is 0 Å². The fourth-order valence-corrected chi connectivity index (χ4v) is 2.29. The molecular weight excluding hydrogens is 422 g/mol. The number of hydrogen-bond acceptors (Lipinski definition) is 10. The van der Waals surface area contributed by atoms with E-state index in [1.54, 1.807) is 6.07 Å². The fourth-order valence-electron chi connectivity index (χ4n) is 2.29.